The SMILES string of the molecule is Cc1ccc(Nc2cc(-c3cccc(C(N)=O)c3)ncn2)cc1. The van der Waals surface area contributed by atoms with Crippen LogP contribution in [0.15, 0.2) is 60.9 Å². The first kappa shape index (κ1) is 14.7. The summed E-state index contributed by atoms with van der Waals surface area (Å²) in [6.07, 6.45) is 1.49. The lowest BCUT2D eigenvalue weighted by Gasteiger charge is -2.08. The van der Waals surface area contributed by atoms with Crippen molar-refractivity contribution in [3.05, 3.63) is 72.1 Å². The highest BCUT2D eigenvalue weighted by molar-refractivity contribution is 5.94. The molecule has 23 heavy (non-hydrogen) atoms. The van der Waals surface area contributed by atoms with E-state index in [0.29, 0.717) is 11.4 Å². The van der Waals surface area contributed by atoms with Gasteiger partial charge in [0, 0.05) is 22.9 Å². The molecule has 3 N–H and O–H groups in total. The van der Waals surface area contributed by atoms with Gasteiger partial charge in [0.25, 0.3) is 0 Å². The van der Waals surface area contributed by atoms with E-state index in [2.05, 4.69) is 15.3 Å². The second kappa shape index (κ2) is 6.27. The average Bonchev–Trinajstić information content (AvgIpc) is 2.57. The Kier molecular flexibility index (Phi) is 4.01. The summed E-state index contributed by atoms with van der Waals surface area (Å²) >= 11 is 0. The third-order valence-corrected chi connectivity index (χ3v) is 3.43. The molecule has 3 rings (SSSR count). The van der Waals surface area contributed by atoms with Crippen LogP contribution in [0.2, 0.25) is 0 Å². The van der Waals surface area contributed by atoms with Gasteiger partial charge < -0.3 is 11.1 Å². The number of anilines is 2. The van der Waals surface area contributed by atoms with Gasteiger partial charge in [0.2, 0.25) is 5.91 Å². The van der Waals surface area contributed by atoms with Gasteiger partial charge in [0.1, 0.15) is 12.1 Å². The number of nitrogens with two attached hydrogens (primary N) is 1. The Morgan fingerprint density at radius 1 is 1.04 bits per heavy atom. The Hall–Kier alpha value is -3.21. The maximum Gasteiger partial charge on any atom is 0.248 e. The van der Waals surface area contributed by atoms with Gasteiger partial charge in [-0.05, 0) is 31.2 Å². The predicted molar refractivity (Wildman–Crippen MR) is 90.4 cm³/mol. The van der Waals surface area contributed by atoms with E-state index >= 15 is 0 Å². The summed E-state index contributed by atoms with van der Waals surface area (Å²) in [7, 11) is 0. The number of hydrogen-bond acceptors (Lipinski definition) is 4. The first-order chi connectivity index (χ1) is 11.1. The van der Waals surface area contributed by atoms with Crippen molar-refractivity contribution in [2.75, 3.05) is 5.32 Å². The highest BCUT2D eigenvalue weighted by atomic mass is 16.1. The molecule has 5 nitrogen and oxygen atoms in total. The van der Waals surface area contributed by atoms with Crippen LogP contribution in [0.25, 0.3) is 11.3 Å². The number of nitrogens with one attached hydrogen (secondary N) is 1. The van der Waals surface area contributed by atoms with E-state index in [1.54, 1.807) is 18.2 Å². The summed E-state index contributed by atoms with van der Waals surface area (Å²) in [5, 5.41) is 3.24. The molecule has 1 amide bonds. The number of primary amides is 1. The highest BCUT2D eigenvalue weighted by Crippen LogP contribution is 2.22. The molecule has 114 valence electrons. The Labute approximate surface area is 134 Å². The van der Waals surface area contributed by atoms with Gasteiger partial charge in [0.05, 0.1) is 5.69 Å². The summed E-state index contributed by atoms with van der Waals surface area (Å²) in [5.74, 6) is 0.224. The maximum atomic E-state index is 11.3. The fraction of sp³-hybridized carbons (Fsp3) is 0.0556. The number of nitrogens with zero attached hydrogens (tertiary/aromatic N) is 2. The molecule has 3 aromatic rings. The third-order valence-electron chi connectivity index (χ3n) is 3.43. The number of benzene rings is 2. The summed E-state index contributed by atoms with van der Waals surface area (Å²) in [5.41, 5.74) is 9.46. The molecule has 0 fully saturated rings. The summed E-state index contributed by atoms with van der Waals surface area (Å²) in [6.45, 7) is 2.04. The Balaban J connectivity index is 1.89. The lowest BCUT2D eigenvalue weighted by molar-refractivity contribution is 0.100. The zero-order chi connectivity index (χ0) is 16.2. The molecule has 0 unspecified atom stereocenters. The van der Waals surface area contributed by atoms with Gasteiger partial charge in [-0.3, -0.25) is 4.79 Å². The molecule has 0 spiro atoms. The van der Waals surface area contributed by atoms with Crippen LogP contribution in [0.4, 0.5) is 11.5 Å². The fourth-order valence-corrected chi connectivity index (χ4v) is 2.20. The minimum Gasteiger partial charge on any atom is -0.366 e. The van der Waals surface area contributed by atoms with E-state index in [1.165, 1.54) is 11.9 Å². The first-order valence-corrected chi connectivity index (χ1v) is 7.18. The van der Waals surface area contributed by atoms with Crippen LogP contribution in [0.3, 0.4) is 0 Å². The summed E-state index contributed by atoms with van der Waals surface area (Å²) in [6, 6.07) is 16.9. The molecule has 1 aromatic heterocycles. The van der Waals surface area contributed by atoms with Crippen molar-refractivity contribution in [3.63, 3.8) is 0 Å². The van der Waals surface area contributed by atoms with Gasteiger partial charge in [-0.2, -0.15) is 0 Å². The third kappa shape index (κ3) is 3.52. The molecule has 0 atom stereocenters. The molecule has 0 radical (unpaired) electrons. The molecule has 0 bridgehead atoms. The van der Waals surface area contributed by atoms with Crippen molar-refractivity contribution in [1.82, 2.24) is 9.97 Å². The number of rotatable bonds is 4. The molecule has 0 aliphatic rings. The zero-order valence-electron chi connectivity index (χ0n) is 12.7. The number of hydrogen-bond donors (Lipinski definition) is 2. The number of aromatic nitrogens is 2. The molecule has 0 saturated heterocycles. The second-order valence-electron chi connectivity index (χ2n) is 5.22. The minimum atomic E-state index is -0.459. The largest absolute Gasteiger partial charge is 0.366 e. The maximum absolute atomic E-state index is 11.3. The van der Waals surface area contributed by atoms with Crippen molar-refractivity contribution in [2.24, 2.45) is 5.73 Å². The molecule has 5 heteroatoms. The number of amides is 1. The second-order valence-corrected chi connectivity index (χ2v) is 5.22. The normalized spacial score (nSPS) is 10.3. The van der Waals surface area contributed by atoms with Crippen LogP contribution < -0.4 is 11.1 Å². The average molecular weight is 304 g/mol. The fourth-order valence-electron chi connectivity index (χ4n) is 2.20. The van der Waals surface area contributed by atoms with Gasteiger partial charge in [-0.25, -0.2) is 9.97 Å². The van der Waals surface area contributed by atoms with Crippen LogP contribution in [0.1, 0.15) is 15.9 Å². The lowest BCUT2D eigenvalue weighted by atomic mass is 10.1. The van der Waals surface area contributed by atoms with E-state index in [1.807, 2.05) is 43.3 Å². The van der Waals surface area contributed by atoms with Gasteiger partial charge in [-0.15, -0.1) is 0 Å². The topological polar surface area (TPSA) is 80.9 Å². The van der Waals surface area contributed by atoms with Crippen molar-refractivity contribution >= 4 is 17.4 Å². The highest BCUT2D eigenvalue weighted by Gasteiger charge is 2.06. The van der Waals surface area contributed by atoms with Crippen LogP contribution >= 0.6 is 0 Å². The van der Waals surface area contributed by atoms with E-state index in [-0.39, 0.29) is 0 Å². The van der Waals surface area contributed by atoms with E-state index in [0.717, 1.165) is 16.9 Å². The Morgan fingerprint density at radius 3 is 2.57 bits per heavy atom. The minimum absolute atomic E-state index is 0.453. The quantitative estimate of drug-likeness (QED) is 0.775. The Bertz CT molecular complexity index is 844. The van der Waals surface area contributed by atoms with Crippen molar-refractivity contribution in [2.45, 2.75) is 6.92 Å². The zero-order valence-corrected chi connectivity index (χ0v) is 12.7. The van der Waals surface area contributed by atoms with E-state index in [9.17, 15) is 4.79 Å². The summed E-state index contributed by atoms with van der Waals surface area (Å²) in [4.78, 5) is 19.8. The lowest BCUT2D eigenvalue weighted by Crippen LogP contribution is -2.10. The first-order valence-electron chi connectivity index (χ1n) is 7.18. The van der Waals surface area contributed by atoms with Gasteiger partial charge >= 0.3 is 0 Å². The molecule has 2 aromatic carbocycles. The van der Waals surface area contributed by atoms with Gasteiger partial charge in [0.15, 0.2) is 0 Å². The predicted octanol–water partition coefficient (Wildman–Crippen LogP) is 3.29. The molecular formula is C18H16N4O. The van der Waals surface area contributed by atoms with Crippen LogP contribution in [0.5, 0.6) is 0 Å². The van der Waals surface area contributed by atoms with Crippen LogP contribution in [-0.2, 0) is 0 Å². The molecule has 1 heterocycles. The van der Waals surface area contributed by atoms with E-state index in [4.69, 9.17) is 5.73 Å². The van der Waals surface area contributed by atoms with Crippen LogP contribution in [0, 0.1) is 6.92 Å². The molecular weight excluding hydrogens is 288 g/mol. The number of carbonyl (C=O) groups is 1. The Morgan fingerprint density at radius 2 is 1.83 bits per heavy atom. The van der Waals surface area contributed by atoms with Gasteiger partial charge in [-0.1, -0.05) is 29.8 Å². The van der Waals surface area contributed by atoms with Crippen molar-refractivity contribution < 1.29 is 4.79 Å². The monoisotopic (exact) mass is 304 g/mol. The van der Waals surface area contributed by atoms with Crippen LogP contribution in [-0.4, -0.2) is 15.9 Å². The molecule has 0 saturated carbocycles. The summed E-state index contributed by atoms with van der Waals surface area (Å²) < 4.78 is 0. The van der Waals surface area contributed by atoms with E-state index < -0.39 is 5.91 Å². The molecule has 0 aliphatic carbocycles. The number of aryl methyl sites for hydroxylation is 1. The smallest absolute Gasteiger partial charge is 0.248 e. The standard InChI is InChI=1S/C18H16N4O/c1-12-5-7-15(8-6-12)22-17-10-16(20-11-21-17)13-3-2-4-14(9-13)18(19)23/h2-11H,1H3,(H2,19,23)(H,20,21,22). The number of carbonyl (C=O) groups excluding carboxylic acids is 1. The molecule has 0 aliphatic heterocycles. The van der Waals surface area contributed by atoms with Crippen molar-refractivity contribution in [1.29, 1.82) is 0 Å². The van der Waals surface area contributed by atoms with Crippen molar-refractivity contribution in [3.8, 4) is 11.3 Å².